The maximum Gasteiger partial charge on any atom is 0.407 e. The van der Waals surface area contributed by atoms with Crippen molar-refractivity contribution < 1.29 is 13.2 Å². The number of rotatable bonds is 2. The first-order valence-electron chi connectivity index (χ1n) is 4.16. The first kappa shape index (κ1) is 12.1. The normalized spacial score (nSPS) is 14.5. The third-order valence-electron chi connectivity index (χ3n) is 1.77. The second kappa shape index (κ2) is 4.68. The van der Waals surface area contributed by atoms with Crippen LogP contribution in [0.2, 0.25) is 5.02 Å². The molecule has 0 amide bonds. The van der Waals surface area contributed by atoms with Crippen molar-refractivity contribution in [2.24, 2.45) is 5.73 Å². The van der Waals surface area contributed by atoms with Crippen LogP contribution in [0.4, 0.5) is 13.2 Å². The number of benzene rings is 1. The fourth-order valence-corrected chi connectivity index (χ4v) is 1.13. The lowest BCUT2D eigenvalue weighted by Gasteiger charge is -2.10. The molecule has 0 unspecified atom stereocenters. The first-order chi connectivity index (χ1) is 6.91. The molecule has 0 radical (unpaired) electrons. The topological polar surface area (TPSA) is 26.0 Å². The Morgan fingerprint density at radius 1 is 1.27 bits per heavy atom. The van der Waals surface area contributed by atoms with Gasteiger partial charge in [0.05, 0.1) is 0 Å². The van der Waals surface area contributed by atoms with Crippen LogP contribution < -0.4 is 5.73 Å². The Bertz CT molecular complexity index is 360. The van der Waals surface area contributed by atoms with Crippen LogP contribution in [0.15, 0.2) is 30.3 Å². The number of halogens is 4. The maximum absolute atomic E-state index is 12.0. The molecular weight excluding hydrogens is 227 g/mol. The summed E-state index contributed by atoms with van der Waals surface area (Å²) in [6.07, 6.45) is -2.28. The van der Waals surface area contributed by atoms with Gasteiger partial charge in [0.2, 0.25) is 0 Å². The molecule has 0 bridgehead atoms. The lowest BCUT2D eigenvalue weighted by atomic mass is 10.1. The average Bonchev–Trinajstić information content (AvgIpc) is 2.14. The van der Waals surface area contributed by atoms with Crippen LogP contribution in [-0.2, 0) is 0 Å². The molecule has 0 aliphatic carbocycles. The van der Waals surface area contributed by atoms with Crippen LogP contribution in [0.3, 0.4) is 0 Å². The van der Waals surface area contributed by atoms with E-state index in [1.807, 2.05) is 0 Å². The maximum atomic E-state index is 12.0. The van der Waals surface area contributed by atoms with Gasteiger partial charge >= 0.3 is 6.18 Å². The Hall–Kier alpha value is -1.00. The van der Waals surface area contributed by atoms with Crippen molar-refractivity contribution in [1.29, 1.82) is 0 Å². The molecular formula is C10H9ClF3N. The van der Waals surface area contributed by atoms with Crippen LogP contribution in [0.5, 0.6) is 0 Å². The van der Waals surface area contributed by atoms with E-state index in [9.17, 15) is 13.2 Å². The highest BCUT2D eigenvalue weighted by atomic mass is 35.5. The monoisotopic (exact) mass is 235 g/mol. The predicted molar refractivity (Wildman–Crippen MR) is 54.5 cm³/mol. The SMILES string of the molecule is N[C@@H](C=Cc1ccccc1Cl)C(F)(F)F. The van der Waals surface area contributed by atoms with Crippen LogP contribution >= 0.6 is 11.6 Å². The number of hydrogen-bond donors (Lipinski definition) is 1. The molecule has 0 heterocycles. The van der Waals surface area contributed by atoms with Crippen molar-refractivity contribution in [3.8, 4) is 0 Å². The van der Waals surface area contributed by atoms with Gasteiger partial charge < -0.3 is 5.73 Å². The average molecular weight is 236 g/mol. The van der Waals surface area contributed by atoms with E-state index in [0.29, 0.717) is 10.6 Å². The molecule has 0 aliphatic heterocycles. The Kier molecular flexibility index (Phi) is 3.77. The van der Waals surface area contributed by atoms with Crippen molar-refractivity contribution in [2.45, 2.75) is 12.2 Å². The van der Waals surface area contributed by atoms with Crippen molar-refractivity contribution in [1.82, 2.24) is 0 Å². The predicted octanol–water partition coefficient (Wildman–Crippen LogP) is 3.24. The van der Waals surface area contributed by atoms with E-state index < -0.39 is 12.2 Å². The summed E-state index contributed by atoms with van der Waals surface area (Å²) < 4.78 is 36.1. The molecule has 1 aromatic carbocycles. The minimum absolute atomic E-state index is 0.392. The lowest BCUT2D eigenvalue weighted by Crippen LogP contribution is -2.35. The molecule has 0 aromatic heterocycles. The van der Waals surface area contributed by atoms with Crippen LogP contribution in [0.1, 0.15) is 5.56 Å². The van der Waals surface area contributed by atoms with Gasteiger partial charge in [0.25, 0.3) is 0 Å². The van der Waals surface area contributed by atoms with Gasteiger partial charge in [-0.2, -0.15) is 13.2 Å². The summed E-state index contributed by atoms with van der Waals surface area (Å²) in [5, 5.41) is 0.392. The van der Waals surface area contributed by atoms with Crippen molar-refractivity contribution in [2.75, 3.05) is 0 Å². The molecule has 1 rings (SSSR count). The van der Waals surface area contributed by atoms with E-state index in [4.69, 9.17) is 17.3 Å². The largest absolute Gasteiger partial charge is 0.407 e. The zero-order chi connectivity index (χ0) is 11.5. The van der Waals surface area contributed by atoms with Gasteiger partial charge in [-0.1, -0.05) is 42.0 Å². The minimum Gasteiger partial charge on any atom is -0.317 e. The van der Waals surface area contributed by atoms with E-state index in [-0.39, 0.29) is 0 Å². The van der Waals surface area contributed by atoms with E-state index >= 15 is 0 Å². The molecule has 0 spiro atoms. The van der Waals surface area contributed by atoms with Gasteiger partial charge in [-0.25, -0.2) is 0 Å². The smallest absolute Gasteiger partial charge is 0.317 e. The van der Waals surface area contributed by atoms with E-state index in [1.165, 1.54) is 6.08 Å². The quantitative estimate of drug-likeness (QED) is 0.837. The number of alkyl halides is 3. The summed E-state index contributed by atoms with van der Waals surface area (Å²) in [4.78, 5) is 0. The summed E-state index contributed by atoms with van der Waals surface area (Å²) in [7, 11) is 0. The van der Waals surface area contributed by atoms with Crippen LogP contribution in [0, 0.1) is 0 Å². The van der Waals surface area contributed by atoms with Crippen molar-refractivity contribution in [3.63, 3.8) is 0 Å². The molecule has 1 nitrogen and oxygen atoms in total. The molecule has 1 aromatic rings. The third-order valence-corrected chi connectivity index (χ3v) is 2.11. The van der Waals surface area contributed by atoms with Crippen LogP contribution in [0.25, 0.3) is 6.08 Å². The van der Waals surface area contributed by atoms with E-state index in [1.54, 1.807) is 24.3 Å². The number of nitrogens with two attached hydrogens (primary N) is 1. The standard InChI is InChI=1S/C10H9ClF3N/c11-8-4-2-1-3-7(8)5-6-9(15)10(12,13)14/h1-6,9H,15H2/t9-/m0/s1. The van der Waals surface area contributed by atoms with Crippen molar-refractivity contribution >= 4 is 17.7 Å². The van der Waals surface area contributed by atoms with Gasteiger partial charge in [-0.3, -0.25) is 0 Å². The Balaban J connectivity index is 2.79. The summed E-state index contributed by atoms with van der Waals surface area (Å²) in [6, 6.07) is 4.63. The molecule has 1 atom stereocenters. The third kappa shape index (κ3) is 3.57. The molecule has 5 heteroatoms. The van der Waals surface area contributed by atoms with Gasteiger partial charge in [0.1, 0.15) is 6.04 Å². The summed E-state index contributed by atoms with van der Waals surface area (Å²) >= 11 is 5.75. The van der Waals surface area contributed by atoms with Crippen molar-refractivity contribution in [3.05, 3.63) is 40.9 Å². The molecule has 15 heavy (non-hydrogen) atoms. The number of hydrogen-bond acceptors (Lipinski definition) is 1. The minimum atomic E-state index is -4.42. The second-order valence-electron chi connectivity index (χ2n) is 2.95. The Morgan fingerprint density at radius 3 is 2.40 bits per heavy atom. The molecule has 0 saturated heterocycles. The van der Waals surface area contributed by atoms with Gasteiger partial charge in [0, 0.05) is 5.02 Å². The molecule has 2 N–H and O–H groups in total. The lowest BCUT2D eigenvalue weighted by molar-refractivity contribution is -0.136. The zero-order valence-corrected chi connectivity index (χ0v) is 8.39. The van der Waals surface area contributed by atoms with E-state index in [0.717, 1.165) is 6.08 Å². The molecule has 0 fully saturated rings. The summed E-state index contributed by atoms with van der Waals surface area (Å²) in [6.45, 7) is 0. The Morgan fingerprint density at radius 2 is 1.87 bits per heavy atom. The molecule has 0 saturated carbocycles. The summed E-state index contributed by atoms with van der Waals surface area (Å²) in [5.41, 5.74) is 5.41. The fraction of sp³-hybridized carbons (Fsp3) is 0.200. The van der Waals surface area contributed by atoms with Gasteiger partial charge in [-0.15, -0.1) is 0 Å². The second-order valence-corrected chi connectivity index (χ2v) is 3.36. The molecule has 0 aliphatic rings. The zero-order valence-electron chi connectivity index (χ0n) is 7.63. The molecule has 82 valence electrons. The highest BCUT2D eigenvalue weighted by Gasteiger charge is 2.34. The Labute approximate surface area is 90.3 Å². The highest BCUT2D eigenvalue weighted by Crippen LogP contribution is 2.21. The van der Waals surface area contributed by atoms with Crippen LogP contribution in [-0.4, -0.2) is 12.2 Å². The van der Waals surface area contributed by atoms with Gasteiger partial charge in [-0.05, 0) is 11.6 Å². The fourth-order valence-electron chi connectivity index (χ4n) is 0.927. The van der Waals surface area contributed by atoms with E-state index in [2.05, 4.69) is 0 Å². The highest BCUT2D eigenvalue weighted by molar-refractivity contribution is 6.32. The summed E-state index contributed by atoms with van der Waals surface area (Å²) in [5.74, 6) is 0. The first-order valence-corrected chi connectivity index (χ1v) is 4.54. The van der Waals surface area contributed by atoms with Gasteiger partial charge in [0.15, 0.2) is 0 Å².